The minimum atomic E-state index is -3.52. The fraction of sp³-hybridized carbons (Fsp3) is 0.538. The zero-order valence-corrected chi connectivity index (χ0v) is 11.9. The lowest BCUT2D eigenvalue weighted by molar-refractivity contribution is 0.427. The van der Waals surface area contributed by atoms with E-state index in [1.807, 2.05) is 0 Å². The lowest BCUT2D eigenvalue weighted by atomic mass is 10.2. The van der Waals surface area contributed by atoms with Crippen molar-refractivity contribution in [2.45, 2.75) is 32.6 Å². The zero-order valence-electron chi connectivity index (χ0n) is 11.1. The van der Waals surface area contributed by atoms with Gasteiger partial charge in [-0.05, 0) is 31.4 Å². The largest absolute Gasteiger partial charge is 0.508 e. The molecule has 1 fully saturated rings. The van der Waals surface area contributed by atoms with Crippen LogP contribution in [0.3, 0.4) is 0 Å². The SMILES string of the molecule is Cc1ccc(NS(=O)(=O)N2CCCCCC2)cc1O. The molecule has 0 spiro atoms. The highest BCUT2D eigenvalue weighted by molar-refractivity contribution is 7.90. The summed E-state index contributed by atoms with van der Waals surface area (Å²) >= 11 is 0. The lowest BCUT2D eigenvalue weighted by Crippen LogP contribution is -2.36. The Morgan fingerprint density at radius 1 is 1.16 bits per heavy atom. The number of aryl methyl sites for hydroxylation is 1. The molecule has 0 atom stereocenters. The molecule has 1 aromatic carbocycles. The maximum atomic E-state index is 12.2. The summed E-state index contributed by atoms with van der Waals surface area (Å²) in [6.45, 7) is 2.89. The molecule has 1 aromatic rings. The molecule has 1 aliphatic heterocycles. The average molecular weight is 284 g/mol. The molecule has 0 unspecified atom stereocenters. The Morgan fingerprint density at radius 2 is 1.79 bits per heavy atom. The molecule has 1 heterocycles. The first-order chi connectivity index (χ1) is 8.99. The van der Waals surface area contributed by atoms with Gasteiger partial charge in [0.05, 0.1) is 5.69 Å². The van der Waals surface area contributed by atoms with Crippen molar-refractivity contribution in [3.63, 3.8) is 0 Å². The minimum absolute atomic E-state index is 0.0936. The highest BCUT2D eigenvalue weighted by atomic mass is 32.2. The summed E-state index contributed by atoms with van der Waals surface area (Å²) in [6.07, 6.45) is 3.97. The smallest absolute Gasteiger partial charge is 0.301 e. The third-order valence-corrected chi connectivity index (χ3v) is 4.90. The average Bonchev–Trinajstić information content (AvgIpc) is 2.63. The van der Waals surface area contributed by atoms with Crippen LogP contribution in [0.25, 0.3) is 0 Å². The van der Waals surface area contributed by atoms with E-state index < -0.39 is 10.2 Å². The predicted molar refractivity (Wildman–Crippen MR) is 75.4 cm³/mol. The van der Waals surface area contributed by atoms with E-state index in [9.17, 15) is 13.5 Å². The molecule has 0 saturated carbocycles. The second-order valence-electron chi connectivity index (χ2n) is 4.92. The molecule has 0 bridgehead atoms. The fourth-order valence-electron chi connectivity index (χ4n) is 2.17. The van der Waals surface area contributed by atoms with Gasteiger partial charge in [0.2, 0.25) is 0 Å². The Morgan fingerprint density at radius 3 is 2.37 bits per heavy atom. The van der Waals surface area contributed by atoms with Crippen LogP contribution in [0.2, 0.25) is 0 Å². The Bertz CT molecular complexity index is 535. The van der Waals surface area contributed by atoms with Crippen molar-refractivity contribution in [2.75, 3.05) is 17.8 Å². The van der Waals surface area contributed by atoms with Crippen LogP contribution in [0.15, 0.2) is 18.2 Å². The van der Waals surface area contributed by atoms with Crippen LogP contribution in [-0.4, -0.2) is 30.9 Å². The highest BCUT2D eigenvalue weighted by Gasteiger charge is 2.22. The number of aromatic hydroxyl groups is 1. The number of anilines is 1. The van der Waals surface area contributed by atoms with Gasteiger partial charge in [0.15, 0.2) is 0 Å². The van der Waals surface area contributed by atoms with E-state index >= 15 is 0 Å². The number of rotatable bonds is 3. The predicted octanol–water partition coefficient (Wildman–Crippen LogP) is 2.23. The molecular weight excluding hydrogens is 264 g/mol. The summed E-state index contributed by atoms with van der Waals surface area (Å²) in [4.78, 5) is 0. The van der Waals surface area contributed by atoms with Crippen molar-refractivity contribution in [1.82, 2.24) is 4.31 Å². The number of phenols is 1. The van der Waals surface area contributed by atoms with Gasteiger partial charge in [-0.15, -0.1) is 0 Å². The number of hydrogen-bond acceptors (Lipinski definition) is 3. The summed E-state index contributed by atoms with van der Waals surface area (Å²) in [6, 6.07) is 4.78. The Hall–Kier alpha value is -1.27. The Labute approximate surface area is 114 Å². The van der Waals surface area contributed by atoms with Crippen LogP contribution in [0.1, 0.15) is 31.2 Å². The zero-order chi connectivity index (χ0) is 13.9. The van der Waals surface area contributed by atoms with E-state index in [0.29, 0.717) is 18.8 Å². The summed E-state index contributed by atoms with van der Waals surface area (Å²) in [5.74, 6) is 0.0936. The number of hydrogen-bond donors (Lipinski definition) is 2. The first-order valence-electron chi connectivity index (χ1n) is 6.56. The van der Waals surface area contributed by atoms with Gasteiger partial charge >= 0.3 is 10.2 Å². The van der Waals surface area contributed by atoms with E-state index in [1.54, 1.807) is 19.1 Å². The van der Waals surface area contributed by atoms with Gasteiger partial charge < -0.3 is 5.11 Å². The first kappa shape index (κ1) is 14.1. The Kier molecular flexibility index (Phi) is 4.31. The molecule has 0 aromatic heterocycles. The lowest BCUT2D eigenvalue weighted by Gasteiger charge is -2.20. The van der Waals surface area contributed by atoms with Crippen molar-refractivity contribution >= 4 is 15.9 Å². The molecule has 0 aliphatic carbocycles. The molecule has 1 saturated heterocycles. The third kappa shape index (κ3) is 3.61. The maximum Gasteiger partial charge on any atom is 0.301 e. The van der Waals surface area contributed by atoms with Crippen LogP contribution in [0, 0.1) is 6.92 Å². The summed E-state index contributed by atoms with van der Waals surface area (Å²) in [5, 5.41) is 9.60. The first-order valence-corrected chi connectivity index (χ1v) is 8.00. The fourth-order valence-corrected chi connectivity index (χ4v) is 3.46. The van der Waals surface area contributed by atoms with E-state index in [2.05, 4.69) is 4.72 Å². The number of nitrogens with zero attached hydrogens (tertiary/aromatic N) is 1. The van der Waals surface area contributed by atoms with Gasteiger partial charge in [0.1, 0.15) is 5.75 Å². The third-order valence-electron chi connectivity index (χ3n) is 3.36. The van der Waals surface area contributed by atoms with Crippen molar-refractivity contribution in [3.8, 4) is 5.75 Å². The van der Waals surface area contributed by atoms with E-state index in [0.717, 1.165) is 31.2 Å². The normalized spacial score (nSPS) is 17.9. The van der Waals surface area contributed by atoms with Gasteiger partial charge in [-0.25, -0.2) is 0 Å². The van der Waals surface area contributed by atoms with Crippen LogP contribution < -0.4 is 4.72 Å². The molecular formula is C13H20N2O3S. The van der Waals surface area contributed by atoms with Crippen LogP contribution in [0.4, 0.5) is 5.69 Å². The van der Waals surface area contributed by atoms with Crippen molar-refractivity contribution in [3.05, 3.63) is 23.8 Å². The van der Waals surface area contributed by atoms with Gasteiger partial charge in [0.25, 0.3) is 0 Å². The molecule has 6 heteroatoms. The van der Waals surface area contributed by atoms with Gasteiger partial charge in [-0.2, -0.15) is 12.7 Å². The molecule has 0 radical (unpaired) electrons. The molecule has 2 rings (SSSR count). The number of nitrogens with one attached hydrogen (secondary N) is 1. The highest BCUT2D eigenvalue weighted by Crippen LogP contribution is 2.23. The molecule has 2 N–H and O–H groups in total. The summed E-state index contributed by atoms with van der Waals surface area (Å²) in [7, 11) is -3.52. The topological polar surface area (TPSA) is 69.6 Å². The van der Waals surface area contributed by atoms with E-state index in [4.69, 9.17) is 0 Å². The second kappa shape index (κ2) is 5.79. The standard InChI is InChI=1S/C13H20N2O3S/c1-11-6-7-12(10-13(11)16)14-19(17,18)15-8-4-2-3-5-9-15/h6-7,10,14,16H,2-5,8-9H2,1H3. The second-order valence-corrected chi connectivity index (χ2v) is 6.59. The quantitative estimate of drug-likeness (QED) is 0.894. The Balaban J connectivity index is 2.13. The van der Waals surface area contributed by atoms with Gasteiger partial charge in [-0.3, -0.25) is 4.72 Å². The van der Waals surface area contributed by atoms with E-state index in [1.165, 1.54) is 10.4 Å². The van der Waals surface area contributed by atoms with Gasteiger partial charge in [0, 0.05) is 19.2 Å². The van der Waals surface area contributed by atoms with Crippen LogP contribution >= 0.6 is 0 Å². The van der Waals surface area contributed by atoms with Gasteiger partial charge in [-0.1, -0.05) is 18.9 Å². The van der Waals surface area contributed by atoms with Crippen LogP contribution in [0.5, 0.6) is 5.75 Å². The van der Waals surface area contributed by atoms with Crippen LogP contribution in [-0.2, 0) is 10.2 Å². The maximum absolute atomic E-state index is 12.2. The van der Waals surface area contributed by atoms with Crippen molar-refractivity contribution in [1.29, 1.82) is 0 Å². The number of benzene rings is 1. The molecule has 106 valence electrons. The molecule has 19 heavy (non-hydrogen) atoms. The minimum Gasteiger partial charge on any atom is -0.508 e. The molecule has 0 amide bonds. The van der Waals surface area contributed by atoms with Crippen molar-refractivity contribution in [2.24, 2.45) is 0 Å². The molecule has 1 aliphatic rings. The summed E-state index contributed by atoms with van der Waals surface area (Å²) in [5.41, 5.74) is 1.12. The number of phenolic OH excluding ortho intramolecular Hbond substituents is 1. The monoisotopic (exact) mass is 284 g/mol. The molecule has 5 nitrogen and oxygen atoms in total. The van der Waals surface area contributed by atoms with E-state index in [-0.39, 0.29) is 5.75 Å². The summed E-state index contributed by atoms with van der Waals surface area (Å²) < 4.78 is 28.5. The van der Waals surface area contributed by atoms with Crippen molar-refractivity contribution < 1.29 is 13.5 Å².